The summed E-state index contributed by atoms with van der Waals surface area (Å²) in [5.41, 5.74) is 6.99. The van der Waals surface area contributed by atoms with E-state index in [9.17, 15) is 4.79 Å². The number of aliphatic carboxylic acids is 1. The number of carbonyl (C=O) groups is 1. The summed E-state index contributed by atoms with van der Waals surface area (Å²) < 4.78 is 7.56. The highest BCUT2D eigenvalue weighted by Gasteiger charge is 2.21. The van der Waals surface area contributed by atoms with Crippen LogP contribution < -0.4 is 4.74 Å². The van der Waals surface area contributed by atoms with Gasteiger partial charge >= 0.3 is 5.97 Å². The molecule has 5 heteroatoms. The Morgan fingerprint density at radius 2 is 1.36 bits per heavy atom. The summed E-state index contributed by atoms with van der Waals surface area (Å²) in [4.78, 5) is 16.1. The normalized spacial score (nSPS) is 10.5. The summed E-state index contributed by atoms with van der Waals surface area (Å²) in [7, 11) is 2.04. The fourth-order valence-corrected chi connectivity index (χ4v) is 4.29. The third-order valence-corrected chi connectivity index (χ3v) is 5.86. The molecule has 0 saturated heterocycles. The quantitative estimate of drug-likeness (QED) is 0.270. The Balaban J connectivity index is 0.00000304. The molecular formula is C31H28N2O3. The lowest BCUT2D eigenvalue weighted by Crippen LogP contribution is -2.09. The van der Waals surface area contributed by atoms with Gasteiger partial charge in [-0.2, -0.15) is 0 Å². The highest BCUT2D eigenvalue weighted by molar-refractivity contribution is 5.87. The second-order valence-electron chi connectivity index (χ2n) is 8.18. The molecule has 0 atom stereocenters. The third-order valence-electron chi connectivity index (χ3n) is 5.86. The molecular weight excluding hydrogens is 448 g/mol. The van der Waals surface area contributed by atoms with Gasteiger partial charge in [-0.25, -0.2) is 9.78 Å². The van der Waals surface area contributed by atoms with E-state index in [4.69, 9.17) is 14.8 Å². The molecule has 0 spiro atoms. The van der Waals surface area contributed by atoms with Crippen molar-refractivity contribution in [2.24, 2.45) is 7.05 Å². The van der Waals surface area contributed by atoms with E-state index < -0.39 is 5.97 Å². The zero-order valence-corrected chi connectivity index (χ0v) is 19.3. The van der Waals surface area contributed by atoms with Gasteiger partial charge in [-0.15, -0.1) is 0 Å². The van der Waals surface area contributed by atoms with Crippen LogP contribution in [0.3, 0.4) is 0 Å². The highest BCUT2D eigenvalue weighted by atomic mass is 16.5. The van der Waals surface area contributed by atoms with Crippen LogP contribution >= 0.6 is 0 Å². The molecule has 1 aromatic heterocycles. The first kappa shape index (κ1) is 24.5. The van der Waals surface area contributed by atoms with Crippen LogP contribution in [0.15, 0.2) is 109 Å². The number of nitrogens with zero attached hydrogens (tertiary/aromatic N) is 2. The molecule has 5 rings (SSSR count). The fraction of sp³-hybridized carbons (Fsp3) is 0.0968. The maximum atomic E-state index is 10.9. The number of carboxylic acids is 1. The number of benzene rings is 4. The molecule has 0 fully saturated rings. The molecule has 0 amide bonds. The number of rotatable bonds is 7. The molecule has 4 aromatic carbocycles. The summed E-state index contributed by atoms with van der Waals surface area (Å²) in [6.07, 6.45) is 0. The van der Waals surface area contributed by atoms with E-state index in [0.29, 0.717) is 5.75 Å². The number of hydrogen-bond donors (Lipinski definition) is 1. The van der Waals surface area contributed by atoms with Crippen molar-refractivity contribution < 1.29 is 14.6 Å². The first-order chi connectivity index (χ1) is 17.1. The van der Waals surface area contributed by atoms with Gasteiger partial charge in [0, 0.05) is 23.7 Å². The van der Waals surface area contributed by atoms with Crippen molar-refractivity contribution in [1.82, 2.24) is 9.55 Å². The lowest BCUT2D eigenvalue weighted by atomic mass is 9.99. The lowest BCUT2D eigenvalue weighted by Gasteiger charge is -2.12. The molecule has 5 nitrogen and oxygen atoms in total. The molecule has 0 aliphatic rings. The summed E-state index contributed by atoms with van der Waals surface area (Å²) in [5, 5.41) is 8.96. The van der Waals surface area contributed by atoms with Gasteiger partial charge in [0.05, 0.1) is 11.4 Å². The number of imidazole rings is 1. The van der Waals surface area contributed by atoms with E-state index in [0.717, 1.165) is 45.0 Å². The van der Waals surface area contributed by atoms with Gasteiger partial charge in [-0.3, -0.25) is 0 Å². The number of hydrogen-bond acceptors (Lipinski definition) is 3. The summed E-state index contributed by atoms with van der Waals surface area (Å²) in [5.74, 6) is 0.343. The predicted molar refractivity (Wildman–Crippen MR) is 145 cm³/mol. The van der Waals surface area contributed by atoms with E-state index in [1.165, 1.54) is 0 Å². The van der Waals surface area contributed by atoms with Crippen LogP contribution in [-0.2, 0) is 11.8 Å². The Labute approximate surface area is 211 Å². The first-order valence-corrected chi connectivity index (χ1v) is 11.3. The highest BCUT2D eigenvalue weighted by Crippen LogP contribution is 2.39. The molecule has 0 saturated carbocycles. The molecule has 5 aromatic rings. The van der Waals surface area contributed by atoms with Gasteiger partial charge in [0.15, 0.2) is 6.61 Å². The van der Waals surface area contributed by atoms with Crippen molar-refractivity contribution in [3.8, 4) is 50.8 Å². The molecule has 0 radical (unpaired) electrons. The average Bonchev–Trinajstić information content (AvgIpc) is 3.25. The lowest BCUT2D eigenvalue weighted by molar-refractivity contribution is -0.139. The zero-order chi connectivity index (χ0) is 24.2. The van der Waals surface area contributed by atoms with Gasteiger partial charge in [-0.05, 0) is 23.3 Å². The summed E-state index contributed by atoms with van der Waals surface area (Å²) in [6, 6.07) is 36.1. The van der Waals surface area contributed by atoms with E-state index in [2.05, 4.69) is 34.9 Å². The third kappa shape index (κ3) is 4.91. The molecule has 1 N–H and O–H groups in total. The van der Waals surface area contributed by atoms with Crippen LogP contribution in [0.2, 0.25) is 0 Å². The van der Waals surface area contributed by atoms with E-state index in [1.807, 2.05) is 79.8 Å². The second-order valence-corrected chi connectivity index (χ2v) is 8.18. The van der Waals surface area contributed by atoms with Gasteiger partial charge in [-0.1, -0.05) is 104 Å². The molecule has 180 valence electrons. The smallest absolute Gasteiger partial charge is 0.341 e. The number of ether oxygens (including phenoxy) is 1. The van der Waals surface area contributed by atoms with Crippen LogP contribution in [0.25, 0.3) is 45.0 Å². The van der Waals surface area contributed by atoms with E-state index in [-0.39, 0.29) is 14.0 Å². The molecule has 0 aliphatic carbocycles. The number of aromatic nitrogens is 2. The van der Waals surface area contributed by atoms with Crippen molar-refractivity contribution in [3.63, 3.8) is 0 Å². The predicted octanol–water partition coefficient (Wildman–Crippen LogP) is 7.19. The van der Waals surface area contributed by atoms with Crippen molar-refractivity contribution in [2.75, 3.05) is 6.61 Å². The SMILES string of the molecule is C.Cn1c(-c2ccccc2-c2cccc(OCC(=O)O)c2)nc(-c2ccccc2)c1-c1ccccc1. The molecule has 1 heterocycles. The second kappa shape index (κ2) is 10.7. The van der Waals surface area contributed by atoms with Gasteiger partial charge < -0.3 is 14.4 Å². The Hall–Kier alpha value is -4.64. The summed E-state index contributed by atoms with van der Waals surface area (Å²) in [6.45, 7) is -0.384. The standard InChI is InChI=1S/C30H24N2O3.CH4/c1-32-29(22-13-6-3-7-14-22)28(21-11-4-2-5-12-21)31-30(32)26-18-9-8-17-25(26)23-15-10-16-24(19-23)35-20-27(33)34;/h2-19H,20H2,1H3,(H,33,34);1H4. The molecule has 0 unspecified atom stereocenters. The largest absolute Gasteiger partial charge is 0.482 e. The fourth-order valence-electron chi connectivity index (χ4n) is 4.29. The maximum Gasteiger partial charge on any atom is 0.341 e. The zero-order valence-electron chi connectivity index (χ0n) is 19.3. The monoisotopic (exact) mass is 476 g/mol. The first-order valence-electron chi connectivity index (χ1n) is 11.3. The van der Waals surface area contributed by atoms with Crippen LogP contribution in [0, 0.1) is 0 Å². The van der Waals surface area contributed by atoms with Gasteiger partial charge in [0.2, 0.25) is 0 Å². The molecule has 0 aliphatic heterocycles. The van der Waals surface area contributed by atoms with Crippen LogP contribution in [-0.4, -0.2) is 27.2 Å². The minimum absolute atomic E-state index is 0. The minimum atomic E-state index is -1.01. The Bertz CT molecular complexity index is 1470. The maximum absolute atomic E-state index is 10.9. The van der Waals surface area contributed by atoms with Crippen LogP contribution in [0.4, 0.5) is 0 Å². The van der Waals surface area contributed by atoms with Crippen molar-refractivity contribution in [2.45, 2.75) is 7.43 Å². The topological polar surface area (TPSA) is 64.3 Å². The Morgan fingerprint density at radius 3 is 2.03 bits per heavy atom. The number of carboxylic acid groups (broad SMARTS) is 1. The van der Waals surface area contributed by atoms with Crippen LogP contribution in [0.5, 0.6) is 5.75 Å². The van der Waals surface area contributed by atoms with E-state index in [1.54, 1.807) is 6.07 Å². The Morgan fingerprint density at radius 1 is 0.778 bits per heavy atom. The van der Waals surface area contributed by atoms with Crippen molar-refractivity contribution in [1.29, 1.82) is 0 Å². The van der Waals surface area contributed by atoms with Gasteiger partial charge in [0.25, 0.3) is 0 Å². The minimum Gasteiger partial charge on any atom is -0.482 e. The van der Waals surface area contributed by atoms with Gasteiger partial charge in [0.1, 0.15) is 11.6 Å². The average molecular weight is 477 g/mol. The summed E-state index contributed by atoms with van der Waals surface area (Å²) >= 11 is 0. The van der Waals surface area contributed by atoms with Crippen molar-refractivity contribution in [3.05, 3.63) is 109 Å². The van der Waals surface area contributed by atoms with E-state index >= 15 is 0 Å². The Kier molecular flexibility index (Phi) is 7.31. The van der Waals surface area contributed by atoms with Crippen LogP contribution in [0.1, 0.15) is 7.43 Å². The molecule has 36 heavy (non-hydrogen) atoms. The van der Waals surface area contributed by atoms with Crippen molar-refractivity contribution >= 4 is 5.97 Å². The molecule has 0 bridgehead atoms.